The maximum atomic E-state index is 12.7. The number of aromatic nitrogens is 1. The maximum absolute atomic E-state index is 12.7. The van der Waals surface area contributed by atoms with Crippen LogP contribution in [0, 0.1) is 12.8 Å². The van der Waals surface area contributed by atoms with Crippen molar-refractivity contribution in [3.8, 4) is 5.75 Å². The van der Waals surface area contributed by atoms with Crippen LogP contribution in [-0.4, -0.2) is 36.1 Å². The van der Waals surface area contributed by atoms with Crippen LogP contribution >= 0.6 is 0 Å². The van der Waals surface area contributed by atoms with E-state index in [4.69, 9.17) is 4.74 Å². The molecule has 0 radical (unpaired) electrons. The van der Waals surface area contributed by atoms with Crippen molar-refractivity contribution in [2.75, 3.05) is 13.1 Å². The van der Waals surface area contributed by atoms with Crippen LogP contribution in [0.15, 0.2) is 48.7 Å². The highest BCUT2D eigenvalue weighted by Gasteiger charge is 2.38. The Kier molecular flexibility index (Phi) is 4.89. The number of nitrogens with zero attached hydrogens (tertiary/aromatic N) is 1. The summed E-state index contributed by atoms with van der Waals surface area (Å²) in [5, 5.41) is 6.57. The minimum atomic E-state index is -0.00123. The third-order valence-electron chi connectivity index (χ3n) is 5.41. The molecule has 1 amide bonds. The van der Waals surface area contributed by atoms with Gasteiger partial charge in [-0.3, -0.25) is 9.78 Å². The predicted octanol–water partition coefficient (Wildman–Crippen LogP) is 2.42. The number of carbonyl (C=O) groups excluding carboxylic acids is 1. The lowest BCUT2D eigenvalue weighted by molar-refractivity contribution is -0.126. The van der Waals surface area contributed by atoms with Crippen LogP contribution in [0.2, 0.25) is 0 Å². The van der Waals surface area contributed by atoms with Crippen molar-refractivity contribution in [2.24, 2.45) is 5.92 Å². The minimum Gasteiger partial charge on any atom is -0.489 e. The molecular weight excluding hydrogens is 326 g/mol. The summed E-state index contributed by atoms with van der Waals surface area (Å²) in [5.74, 6) is 1.21. The second-order valence-corrected chi connectivity index (χ2v) is 7.33. The SMILES string of the molecule is Cc1ccc(OC2CC(NC(=O)C3CNCC3c3ccccc3)C2)cn1. The molecule has 4 rings (SSSR count). The van der Waals surface area contributed by atoms with Crippen molar-refractivity contribution >= 4 is 5.91 Å². The van der Waals surface area contributed by atoms with Gasteiger partial charge in [-0.05, 0) is 24.6 Å². The molecule has 2 heterocycles. The van der Waals surface area contributed by atoms with Crippen LogP contribution in [-0.2, 0) is 4.79 Å². The van der Waals surface area contributed by atoms with Crippen molar-refractivity contribution in [2.45, 2.75) is 37.8 Å². The van der Waals surface area contributed by atoms with Gasteiger partial charge in [-0.2, -0.15) is 0 Å². The molecule has 1 saturated carbocycles. The number of ether oxygens (including phenoxy) is 1. The van der Waals surface area contributed by atoms with Crippen LogP contribution in [0.1, 0.15) is 30.0 Å². The molecule has 5 heteroatoms. The first-order valence-electron chi connectivity index (χ1n) is 9.34. The van der Waals surface area contributed by atoms with E-state index >= 15 is 0 Å². The monoisotopic (exact) mass is 351 g/mol. The molecule has 1 aromatic heterocycles. The van der Waals surface area contributed by atoms with Crippen LogP contribution < -0.4 is 15.4 Å². The van der Waals surface area contributed by atoms with E-state index in [9.17, 15) is 4.79 Å². The summed E-state index contributed by atoms with van der Waals surface area (Å²) in [7, 11) is 0. The summed E-state index contributed by atoms with van der Waals surface area (Å²) in [6, 6.07) is 14.4. The normalized spacial score (nSPS) is 27.6. The Morgan fingerprint density at radius 2 is 1.96 bits per heavy atom. The quantitative estimate of drug-likeness (QED) is 0.868. The number of benzene rings is 1. The summed E-state index contributed by atoms with van der Waals surface area (Å²) in [5.41, 5.74) is 2.22. The maximum Gasteiger partial charge on any atom is 0.225 e. The molecule has 2 aromatic rings. The van der Waals surface area contributed by atoms with E-state index in [1.807, 2.05) is 37.3 Å². The molecule has 5 nitrogen and oxygen atoms in total. The molecule has 2 atom stereocenters. The third-order valence-corrected chi connectivity index (χ3v) is 5.41. The van der Waals surface area contributed by atoms with Crippen LogP contribution in [0.3, 0.4) is 0 Å². The van der Waals surface area contributed by atoms with Gasteiger partial charge in [0.05, 0.1) is 12.1 Å². The average molecular weight is 351 g/mol. The lowest BCUT2D eigenvalue weighted by atomic mass is 9.85. The van der Waals surface area contributed by atoms with Gasteiger partial charge in [0.15, 0.2) is 0 Å². The Hall–Kier alpha value is -2.40. The molecule has 1 aliphatic carbocycles. The van der Waals surface area contributed by atoms with Gasteiger partial charge in [0.1, 0.15) is 11.9 Å². The van der Waals surface area contributed by atoms with E-state index in [1.54, 1.807) is 6.20 Å². The van der Waals surface area contributed by atoms with E-state index in [2.05, 4.69) is 27.8 Å². The molecule has 2 N–H and O–H groups in total. The largest absolute Gasteiger partial charge is 0.489 e. The summed E-state index contributed by atoms with van der Waals surface area (Å²) >= 11 is 0. The fourth-order valence-corrected chi connectivity index (χ4v) is 3.81. The predicted molar refractivity (Wildman–Crippen MR) is 100 cm³/mol. The van der Waals surface area contributed by atoms with Gasteiger partial charge in [-0.1, -0.05) is 30.3 Å². The number of nitrogens with one attached hydrogen (secondary N) is 2. The van der Waals surface area contributed by atoms with Crippen molar-refractivity contribution in [3.05, 3.63) is 59.9 Å². The first-order valence-corrected chi connectivity index (χ1v) is 9.34. The Morgan fingerprint density at radius 1 is 1.15 bits per heavy atom. The Morgan fingerprint density at radius 3 is 2.69 bits per heavy atom. The highest BCUT2D eigenvalue weighted by molar-refractivity contribution is 5.81. The number of rotatable bonds is 5. The van der Waals surface area contributed by atoms with Crippen LogP contribution in [0.5, 0.6) is 5.75 Å². The molecule has 1 saturated heterocycles. The molecule has 2 aliphatic rings. The second kappa shape index (κ2) is 7.46. The van der Waals surface area contributed by atoms with Gasteiger partial charge in [-0.15, -0.1) is 0 Å². The molecule has 1 aliphatic heterocycles. The molecule has 26 heavy (non-hydrogen) atoms. The van der Waals surface area contributed by atoms with Gasteiger partial charge in [0.2, 0.25) is 5.91 Å². The van der Waals surface area contributed by atoms with Gasteiger partial charge < -0.3 is 15.4 Å². The number of hydrogen-bond donors (Lipinski definition) is 2. The van der Waals surface area contributed by atoms with E-state index in [0.29, 0.717) is 0 Å². The van der Waals surface area contributed by atoms with Crippen LogP contribution in [0.25, 0.3) is 0 Å². The number of amides is 1. The fraction of sp³-hybridized carbons (Fsp3) is 0.429. The fourth-order valence-electron chi connectivity index (χ4n) is 3.81. The highest BCUT2D eigenvalue weighted by Crippen LogP contribution is 2.30. The molecule has 0 bridgehead atoms. The van der Waals surface area contributed by atoms with Gasteiger partial charge >= 0.3 is 0 Å². The van der Waals surface area contributed by atoms with Crippen molar-refractivity contribution in [3.63, 3.8) is 0 Å². The lowest BCUT2D eigenvalue weighted by Gasteiger charge is -2.36. The summed E-state index contributed by atoms with van der Waals surface area (Å²) < 4.78 is 5.91. The van der Waals surface area contributed by atoms with Gasteiger partial charge in [0.25, 0.3) is 0 Å². The van der Waals surface area contributed by atoms with Gasteiger partial charge in [0, 0.05) is 43.6 Å². The first-order chi connectivity index (χ1) is 12.7. The zero-order chi connectivity index (χ0) is 17.9. The second-order valence-electron chi connectivity index (χ2n) is 7.33. The summed E-state index contributed by atoms with van der Waals surface area (Å²) in [6.07, 6.45) is 3.64. The Balaban J connectivity index is 1.27. The Labute approximate surface area is 154 Å². The summed E-state index contributed by atoms with van der Waals surface area (Å²) in [4.78, 5) is 17.0. The number of carbonyl (C=O) groups is 1. The molecule has 2 unspecified atom stereocenters. The zero-order valence-electron chi connectivity index (χ0n) is 15.0. The lowest BCUT2D eigenvalue weighted by Crippen LogP contribution is -2.51. The molecule has 2 fully saturated rings. The molecule has 136 valence electrons. The standard InChI is InChI=1S/C21H25N3O2/c1-14-7-8-17(11-23-14)26-18-9-16(10-18)24-21(25)20-13-22-12-19(20)15-5-3-2-4-6-15/h2-8,11,16,18-20,22H,9-10,12-13H2,1H3,(H,24,25). The Bertz CT molecular complexity index is 742. The number of hydrogen-bond acceptors (Lipinski definition) is 4. The molecule has 0 spiro atoms. The number of pyridine rings is 1. The third kappa shape index (κ3) is 3.73. The topological polar surface area (TPSA) is 63.2 Å². The molecule has 1 aromatic carbocycles. The van der Waals surface area contributed by atoms with Crippen LogP contribution in [0.4, 0.5) is 0 Å². The van der Waals surface area contributed by atoms with E-state index in [1.165, 1.54) is 5.56 Å². The van der Waals surface area contributed by atoms with Crippen molar-refractivity contribution in [1.82, 2.24) is 15.6 Å². The van der Waals surface area contributed by atoms with Gasteiger partial charge in [-0.25, -0.2) is 0 Å². The number of aryl methyl sites for hydroxylation is 1. The zero-order valence-corrected chi connectivity index (χ0v) is 15.0. The summed E-state index contributed by atoms with van der Waals surface area (Å²) in [6.45, 7) is 3.56. The smallest absolute Gasteiger partial charge is 0.225 e. The van der Waals surface area contributed by atoms with E-state index in [-0.39, 0.29) is 29.9 Å². The molecular formula is C21H25N3O2. The highest BCUT2D eigenvalue weighted by atomic mass is 16.5. The first kappa shape index (κ1) is 17.0. The van der Waals surface area contributed by atoms with Crippen molar-refractivity contribution in [1.29, 1.82) is 0 Å². The van der Waals surface area contributed by atoms with Crippen molar-refractivity contribution < 1.29 is 9.53 Å². The van der Waals surface area contributed by atoms with E-state index < -0.39 is 0 Å². The van der Waals surface area contributed by atoms with E-state index in [0.717, 1.165) is 37.4 Å². The average Bonchev–Trinajstić information content (AvgIpc) is 3.12. The minimum absolute atomic E-state index is 0.00123.